The fraction of sp³-hybridized carbons (Fsp3) is 0. The summed E-state index contributed by atoms with van der Waals surface area (Å²) < 4.78 is 39.0. The molecule has 0 aliphatic rings. The number of pyridine rings is 2. The van der Waals surface area contributed by atoms with Gasteiger partial charge in [-0.2, -0.15) is 10.5 Å². The van der Waals surface area contributed by atoms with Gasteiger partial charge in [0.2, 0.25) is 0 Å². The quantitative estimate of drug-likeness (QED) is 0.535. The van der Waals surface area contributed by atoms with Crippen LogP contribution >= 0.6 is 0 Å². The standard InChI is InChI=1S/2C6H4N2.BF4.Cu/c2*7-5-6-3-1-2-4-8-6;2-1(3,4)5;/h2*1-4H;;/q;;-1;+1. The van der Waals surface area contributed by atoms with Gasteiger partial charge in [-0.3, -0.25) is 0 Å². The molecule has 0 radical (unpaired) electrons. The smallest absolute Gasteiger partial charge is 0.418 e. The summed E-state index contributed by atoms with van der Waals surface area (Å²) in [6.07, 6.45) is 3.19. The Hall–Kier alpha value is -2.42. The molecule has 0 N–H and O–H groups in total. The number of halogens is 4. The van der Waals surface area contributed by atoms with Gasteiger partial charge < -0.3 is 17.3 Å². The van der Waals surface area contributed by atoms with Crippen molar-refractivity contribution < 1.29 is 34.3 Å². The van der Waals surface area contributed by atoms with Crippen molar-refractivity contribution in [1.82, 2.24) is 9.97 Å². The molecule has 0 bridgehead atoms. The Balaban J connectivity index is 0. The van der Waals surface area contributed by atoms with Gasteiger partial charge in [-0.25, -0.2) is 9.97 Å². The van der Waals surface area contributed by atoms with Crippen molar-refractivity contribution in [2.45, 2.75) is 0 Å². The molecule has 0 atom stereocenters. The van der Waals surface area contributed by atoms with Crippen LogP contribution in [-0.4, -0.2) is 17.2 Å². The van der Waals surface area contributed by atoms with Crippen molar-refractivity contribution in [2.24, 2.45) is 0 Å². The van der Waals surface area contributed by atoms with Crippen LogP contribution in [0.4, 0.5) is 17.3 Å². The van der Waals surface area contributed by atoms with Gasteiger partial charge in [0.25, 0.3) is 0 Å². The van der Waals surface area contributed by atoms with Gasteiger partial charge in [0.05, 0.1) is 0 Å². The van der Waals surface area contributed by atoms with Gasteiger partial charge in [0.15, 0.2) is 0 Å². The molecule has 0 saturated carbocycles. The molecule has 2 aromatic heterocycles. The summed E-state index contributed by atoms with van der Waals surface area (Å²) in [6.45, 7) is 0. The van der Waals surface area contributed by atoms with Crippen LogP contribution in [0.2, 0.25) is 0 Å². The summed E-state index contributed by atoms with van der Waals surface area (Å²) in [5.41, 5.74) is 0.931. The van der Waals surface area contributed by atoms with Crippen LogP contribution in [0.5, 0.6) is 0 Å². The first kappa shape index (κ1) is 21.9. The molecule has 0 unspecified atom stereocenters. The fourth-order valence-electron chi connectivity index (χ4n) is 0.858. The van der Waals surface area contributed by atoms with E-state index in [1.165, 1.54) is 0 Å². The first-order valence-electron chi connectivity index (χ1n) is 5.36. The Morgan fingerprint density at radius 3 is 1.23 bits per heavy atom. The van der Waals surface area contributed by atoms with Gasteiger partial charge in [-0.05, 0) is 24.3 Å². The topological polar surface area (TPSA) is 73.4 Å². The molecule has 22 heavy (non-hydrogen) atoms. The predicted octanol–water partition coefficient (Wildman–Crippen LogP) is 3.20. The summed E-state index contributed by atoms with van der Waals surface area (Å²) in [6, 6.07) is 14.3. The van der Waals surface area contributed by atoms with Crippen molar-refractivity contribution in [1.29, 1.82) is 10.5 Å². The molecule has 118 valence electrons. The maximum atomic E-state index is 9.75. The maximum Gasteiger partial charge on any atom is 1.00 e. The Bertz CT molecular complexity index is 541. The number of rotatable bonds is 0. The average Bonchev–Trinajstić information content (AvgIpc) is 2.48. The molecule has 10 heteroatoms. The molecule has 4 nitrogen and oxygen atoms in total. The van der Waals surface area contributed by atoms with Crippen LogP contribution < -0.4 is 0 Å². The molecule has 0 amide bonds. The third kappa shape index (κ3) is 15.6. The van der Waals surface area contributed by atoms with Crippen LogP contribution in [0.25, 0.3) is 0 Å². The minimum atomic E-state index is -6.00. The van der Waals surface area contributed by atoms with E-state index in [9.17, 15) is 17.3 Å². The third-order valence-corrected chi connectivity index (χ3v) is 1.56. The summed E-state index contributed by atoms with van der Waals surface area (Å²) >= 11 is 0. The molecule has 2 heterocycles. The van der Waals surface area contributed by atoms with Crippen LogP contribution in [0.1, 0.15) is 11.4 Å². The van der Waals surface area contributed by atoms with E-state index in [1.807, 2.05) is 12.1 Å². The molecule has 0 aromatic carbocycles. The van der Waals surface area contributed by atoms with Crippen molar-refractivity contribution in [3.8, 4) is 12.1 Å². The first-order chi connectivity index (χ1) is 9.86. The van der Waals surface area contributed by atoms with Crippen molar-refractivity contribution in [3.05, 3.63) is 60.2 Å². The summed E-state index contributed by atoms with van der Waals surface area (Å²) in [7, 11) is -6.00. The molecular weight excluding hydrogens is 351 g/mol. The average molecular weight is 359 g/mol. The monoisotopic (exact) mass is 358 g/mol. The van der Waals surface area contributed by atoms with Gasteiger partial charge in [-0.15, -0.1) is 0 Å². The van der Waals surface area contributed by atoms with Gasteiger partial charge in [0, 0.05) is 12.4 Å². The Labute approximate surface area is 135 Å². The van der Waals surface area contributed by atoms with E-state index in [0.29, 0.717) is 11.4 Å². The Kier molecular flexibility index (Phi) is 12.3. The molecule has 0 spiro atoms. The summed E-state index contributed by atoms with van der Waals surface area (Å²) in [5, 5.41) is 16.5. The van der Waals surface area contributed by atoms with Gasteiger partial charge in [-0.1, -0.05) is 12.1 Å². The normalized spacial score (nSPS) is 8.45. The van der Waals surface area contributed by atoms with Crippen LogP contribution in [0.15, 0.2) is 48.8 Å². The SMILES string of the molecule is F[B-](F)(F)F.N#Cc1ccccn1.N#Cc1ccccn1.[Cu+]. The van der Waals surface area contributed by atoms with Gasteiger partial charge in [0.1, 0.15) is 23.5 Å². The second-order valence-corrected chi connectivity index (χ2v) is 3.15. The zero-order chi connectivity index (χ0) is 16.1. The van der Waals surface area contributed by atoms with E-state index in [2.05, 4.69) is 9.97 Å². The summed E-state index contributed by atoms with van der Waals surface area (Å²) in [4.78, 5) is 7.47. The number of hydrogen-bond acceptors (Lipinski definition) is 4. The van der Waals surface area contributed by atoms with E-state index in [1.54, 1.807) is 48.8 Å². The van der Waals surface area contributed by atoms with Crippen molar-refractivity contribution >= 4 is 7.25 Å². The molecular formula is C12H8BCuF4N4. The summed E-state index contributed by atoms with van der Waals surface area (Å²) in [5.74, 6) is 0. The second-order valence-electron chi connectivity index (χ2n) is 3.15. The molecule has 0 aliphatic heterocycles. The van der Waals surface area contributed by atoms with Crippen LogP contribution in [-0.2, 0) is 17.1 Å². The Morgan fingerprint density at radius 2 is 1.09 bits per heavy atom. The predicted molar refractivity (Wildman–Crippen MR) is 68.1 cm³/mol. The van der Waals surface area contributed by atoms with Crippen molar-refractivity contribution in [3.63, 3.8) is 0 Å². The fourth-order valence-corrected chi connectivity index (χ4v) is 0.858. The number of aromatic nitrogens is 2. The van der Waals surface area contributed by atoms with E-state index in [4.69, 9.17) is 10.5 Å². The maximum absolute atomic E-state index is 9.75. The second kappa shape index (κ2) is 12.3. The molecule has 0 fully saturated rings. The molecule has 2 rings (SSSR count). The number of hydrogen-bond donors (Lipinski definition) is 0. The zero-order valence-corrected chi connectivity index (χ0v) is 11.7. The largest absolute Gasteiger partial charge is 1.00 e. The molecule has 0 saturated heterocycles. The molecule has 0 aliphatic carbocycles. The third-order valence-electron chi connectivity index (χ3n) is 1.56. The van der Waals surface area contributed by atoms with E-state index >= 15 is 0 Å². The van der Waals surface area contributed by atoms with Gasteiger partial charge >= 0.3 is 24.3 Å². The van der Waals surface area contributed by atoms with E-state index in [-0.39, 0.29) is 17.1 Å². The van der Waals surface area contributed by atoms with E-state index in [0.717, 1.165) is 0 Å². The van der Waals surface area contributed by atoms with E-state index < -0.39 is 7.25 Å². The Morgan fingerprint density at radius 1 is 0.773 bits per heavy atom. The van der Waals surface area contributed by atoms with Crippen molar-refractivity contribution in [2.75, 3.05) is 0 Å². The van der Waals surface area contributed by atoms with Crippen LogP contribution in [0.3, 0.4) is 0 Å². The van der Waals surface area contributed by atoms with Crippen LogP contribution in [0, 0.1) is 22.7 Å². The minimum Gasteiger partial charge on any atom is -0.418 e. The number of nitriles is 2. The first-order valence-corrected chi connectivity index (χ1v) is 5.36. The zero-order valence-electron chi connectivity index (χ0n) is 10.8. The minimum absolute atomic E-state index is 0. The number of nitrogens with zero attached hydrogens (tertiary/aromatic N) is 4. The molecule has 2 aromatic rings.